The molecule has 0 aromatic carbocycles. The molecule has 2 aromatic rings. The van der Waals surface area contributed by atoms with Crippen LogP contribution in [0.5, 0.6) is 0 Å². The van der Waals surface area contributed by atoms with E-state index in [1.54, 1.807) is 18.3 Å². The molecule has 3 N–H and O–H groups in total. The Kier molecular flexibility index (Phi) is 3.37. The van der Waals surface area contributed by atoms with Crippen LogP contribution in [-0.4, -0.2) is 27.0 Å². The fourth-order valence-corrected chi connectivity index (χ4v) is 2.46. The maximum Gasteiger partial charge on any atom is 0.251 e. The summed E-state index contributed by atoms with van der Waals surface area (Å²) in [6.45, 7) is 3.57. The zero-order valence-corrected chi connectivity index (χ0v) is 12.0. The van der Waals surface area contributed by atoms with Crippen LogP contribution in [-0.2, 0) is 6.54 Å². The van der Waals surface area contributed by atoms with E-state index in [4.69, 9.17) is 5.73 Å². The molecule has 6 nitrogen and oxygen atoms in total. The fourth-order valence-electron chi connectivity index (χ4n) is 2.46. The predicted molar refractivity (Wildman–Crippen MR) is 79.6 cm³/mol. The van der Waals surface area contributed by atoms with Crippen molar-refractivity contribution in [3.05, 3.63) is 42.1 Å². The van der Waals surface area contributed by atoms with Crippen LogP contribution >= 0.6 is 0 Å². The summed E-state index contributed by atoms with van der Waals surface area (Å²) < 4.78 is 2.14. The molecule has 1 aliphatic carbocycles. The third kappa shape index (κ3) is 3.04. The molecule has 1 fully saturated rings. The van der Waals surface area contributed by atoms with Crippen LogP contribution in [0.25, 0.3) is 0 Å². The fraction of sp³-hybridized carbons (Fsp3) is 0.400. The molecular formula is C15H19N5O. The van der Waals surface area contributed by atoms with Crippen molar-refractivity contribution in [1.29, 1.82) is 0 Å². The van der Waals surface area contributed by atoms with E-state index in [9.17, 15) is 4.79 Å². The second-order valence-corrected chi connectivity index (χ2v) is 5.75. The molecule has 0 aliphatic heterocycles. The second-order valence-electron chi connectivity index (χ2n) is 5.75. The minimum absolute atomic E-state index is 0.0993. The van der Waals surface area contributed by atoms with E-state index in [1.165, 1.54) is 0 Å². The standard InChI is InChI=1S/C15H19N5O/c1-11-17-6-7-20(11)10-15(3-4-15)9-19-14(21)12-2-5-18-13(16)8-12/h2,5-8H,3-4,9-10H2,1H3,(H2,16,18)(H,19,21). The summed E-state index contributed by atoms with van der Waals surface area (Å²) >= 11 is 0. The highest BCUT2D eigenvalue weighted by Gasteiger charge is 2.43. The van der Waals surface area contributed by atoms with Gasteiger partial charge in [0.05, 0.1) is 0 Å². The van der Waals surface area contributed by atoms with Gasteiger partial charge < -0.3 is 15.6 Å². The Morgan fingerprint density at radius 1 is 1.43 bits per heavy atom. The molecule has 0 unspecified atom stereocenters. The van der Waals surface area contributed by atoms with Gasteiger partial charge in [-0.05, 0) is 31.9 Å². The number of nitrogens with one attached hydrogen (secondary N) is 1. The number of rotatable bonds is 5. The van der Waals surface area contributed by atoms with E-state index in [2.05, 4.69) is 19.9 Å². The summed E-state index contributed by atoms with van der Waals surface area (Å²) in [4.78, 5) is 20.3. The zero-order chi connectivity index (χ0) is 14.9. The molecule has 0 bridgehead atoms. The molecule has 0 spiro atoms. The monoisotopic (exact) mass is 285 g/mol. The molecule has 0 radical (unpaired) electrons. The third-order valence-electron chi connectivity index (χ3n) is 4.05. The Labute approximate surface area is 123 Å². The molecule has 1 amide bonds. The smallest absolute Gasteiger partial charge is 0.251 e. The lowest BCUT2D eigenvalue weighted by atomic mass is 10.1. The summed E-state index contributed by atoms with van der Waals surface area (Å²) in [7, 11) is 0. The first kappa shape index (κ1) is 13.6. The summed E-state index contributed by atoms with van der Waals surface area (Å²) in [5, 5.41) is 3.00. The Balaban J connectivity index is 1.60. The van der Waals surface area contributed by atoms with Crippen LogP contribution in [0.15, 0.2) is 30.7 Å². The van der Waals surface area contributed by atoms with Crippen LogP contribution in [0.3, 0.4) is 0 Å². The number of amides is 1. The SMILES string of the molecule is Cc1nccn1CC1(CNC(=O)c2ccnc(N)c2)CC1. The summed E-state index contributed by atoms with van der Waals surface area (Å²) in [5.74, 6) is 1.27. The van der Waals surface area contributed by atoms with Crippen molar-refractivity contribution in [3.63, 3.8) is 0 Å². The number of aryl methyl sites for hydroxylation is 1. The number of pyridine rings is 1. The number of aromatic nitrogens is 3. The van der Waals surface area contributed by atoms with Crippen LogP contribution in [0.1, 0.15) is 29.0 Å². The van der Waals surface area contributed by atoms with Crippen molar-refractivity contribution >= 4 is 11.7 Å². The van der Waals surface area contributed by atoms with Crippen LogP contribution in [0.2, 0.25) is 0 Å². The lowest BCUT2D eigenvalue weighted by Gasteiger charge is -2.17. The average molecular weight is 285 g/mol. The molecule has 1 saturated carbocycles. The van der Waals surface area contributed by atoms with Gasteiger partial charge in [-0.15, -0.1) is 0 Å². The topological polar surface area (TPSA) is 85.8 Å². The maximum atomic E-state index is 12.1. The molecule has 2 heterocycles. The number of nitrogen functional groups attached to an aromatic ring is 1. The molecular weight excluding hydrogens is 266 g/mol. The van der Waals surface area contributed by atoms with Gasteiger partial charge in [0, 0.05) is 42.7 Å². The Morgan fingerprint density at radius 2 is 2.24 bits per heavy atom. The number of anilines is 1. The van der Waals surface area contributed by atoms with E-state index in [0.29, 0.717) is 17.9 Å². The van der Waals surface area contributed by atoms with E-state index in [0.717, 1.165) is 25.2 Å². The lowest BCUT2D eigenvalue weighted by Crippen LogP contribution is -2.32. The summed E-state index contributed by atoms with van der Waals surface area (Å²) in [5.41, 5.74) is 6.32. The molecule has 110 valence electrons. The van der Waals surface area contributed by atoms with E-state index >= 15 is 0 Å². The zero-order valence-electron chi connectivity index (χ0n) is 12.0. The van der Waals surface area contributed by atoms with Crippen molar-refractivity contribution < 1.29 is 4.79 Å². The average Bonchev–Trinajstić information content (AvgIpc) is 3.13. The van der Waals surface area contributed by atoms with Gasteiger partial charge in [0.25, 0.3) is 5.91 Å². The Hall–Kier alpha value is -2.37. The van der Waals surface area contributed by atoms with Crippen molar-refractivity contribution in [1.82, 2.24) is 19.9 Å². The first-order valence-corrected chi connectivity index (χ1v) is 7.05. The van der Waals surface area contributed by atoms with E-state index < -0.39 is 0 Å². The normalized spacial score (nSPS) is 15.7. The molecule has 0 saturated heterocycles. The summed E-state index contributed by atoms with van der Waals surface area (Å²) in [6, 6.07) is 3.26. The summed E-state index contributed by atoms with van der Waals surface area (Å²) in [6.07, 6.45) is 7.60. The van der Waals surface area contributed by atoms with Gasteiger partial charge in [0.2, 0.25) is 0 Å². The van der Waals surface area contributed by atoms with Crippen LogP contribution in [0, 0.1) is 12.3 Å². The minimum Gasteiger partial charge on any atom is -0.384 e. The van der Waals surface area contributed by atoms with Crippen molar-refractivity contribution in [2.75, 3.05) is 12.3 Å². The molecule has 6 heteroatoms. The largest absolute Gasteiger partial charge is 0.384 e. The van der Waals surface area contributed by atoms with Gasteiger partial charge >= 0.3 is 0 Å². The molecule has 2 aromatic heterocycles. The quantitative estimate of drug-likeness (QED) is 0.869. The van der Waals surface area contributed by atoms with E-state index in [1.807, 2.05) is 19.3 Å². The van der Waals surface area contributed by atoms with Gasteiger partial charge in [0.15, 0.2) is 0 Å². The van der Waals surface area contributed by atoms with Crippen molar-refractivity contribution in [3.8, 4) is 0 Å². The predicted octanol–water partition coefficient (Wildman–Crippen LogP) is 1.38. The minimum atomic E-state index is -0.0993. The third-order valence-corrected chi connectivity index (χ3v) is 4.05. The van der Waals surface area contributed by atoms with Crippen LogP contribution < -0.4 is 11.1 Å². The van der Waals surface area contributed by atoms with Crippen LogP contribution in [0.4, 0.5) is 5.82 Å². The van der Waals surface area contributed by atoms with Crippen molar-refractivity contribution in [2.45, 2.75) is 26.3 Å². The van der Waals surface area contributed by atoms with Crippen molar-refractivity contribution in [2.24, 2.45) is 5.41 Å². The second kappa shape index (κ2) is 5.20. The highest BCUT2D eigenvalue weighted by atomic mass is 16.1. The number of carbonyl (C=O) groups is 1. The van der Waals surface area contributed by atoms with Gasteiger partial charge in [-0.25, -0.2) is 9.97 Å². The molecule has 0 atom stereocenters. The van der Waals surface area contributed by atoms with Gasteiger partial charge in [-0.2, -0.15) is 0 Å². The Morgan fingerprint density at radius 3 is 2.86 bits per heavy atom. The van der Waals surface area contributed by atoms with Gasteiger partial charge in [-0.3, -0.25) is 4.79 Å². The Bertz CT molecular complexity index is 660. The highest BCUT2D eigenvalue weighted by molar-refractivity contribution is 5.94. The first-order chi connectivity index (χ1) is 10.1. The first-order valence-electron chi connectivity index (χ1n) is 7.05. The number of carbonyl (C=O) groups excluding carboxylic acids is 1. The highest BCUT2D eigenvalue weighted by Crippen LogP contribution is 2.46. The number of nitrogens with zero attached hydrogens (tertiary/aromatic N) is 3. The molecule has 21 heavy (non-hydrogen) atoms. The number of hydrogen-bond donors (Lipinski definition) is 2. The lowest BCUT2D eigenvalue weighted by molar-refractivity contribution is 0.0943. The number of hydrogen-bond acceptors (Lipinski definition) is 4. The van der Waals surface area contributed by atoms with Gasteiger partial charge in [0.1, 0.15) is 11.6 Å². The molecule has 1 aliphatic rings. The number of imidazole rings is 1. The van der Waals surface area contributed by atoms with E-state index in [-0.39, 0.29) is 11.3 Å². The maximum absolute atomic E-state index is 12.1. The number of nitrogens with two attached hydrogens (primary N) is 1. The van der Waals surface area contributed by atoms with Gasteiger partial charge in [-0.1, -0.05) is 0 Å². The molecule has 3 rings (SSSR count).